The Morgan fingerprint density at radius 2 is 0.840 bits per heavy atom. The Hall–Kier alpha value is -6.64. The van der Waals surface area contributed by atoms with Crippen LogP contribution in [0.5, 0.6) is 0 Å². The molecule has 0 spiro atoms. The summed E-state index contributed by atoms with van der Waals surface area (Å²) in [5, 5.41) is 10.1. The maximum atomic E-state index is 2.41. The van der Waals surface area contributed by atoms with Gasteiger partial charge in [0.1, 0.15) is 0 Å². The maximum absolute atomic E-state index is 2.41. The number of hydrogen-bond donors (Lipinski definition) is 0. The summed E-state index contributed by atoms with van der Waals surface area (Å²) in [5.41, 5.74) is 9.30. The van der Waals surface area contributed by atoms with Gasteiger partial charge in [-0.25, -0.2) is 0 Å². The standard InChI is InChI=1S/C48H32N2/c1-3-11-33(12-4-1)34-19-24-38(25-20-34)50-47-18-10-9-17-44(47)45-30-27-40(32-48(45)50)49(37-14-5-2-6-15-37)39-26-21-36-23-28-42-41-16-8-7-13-35(41)22-29-43(42)46(36)31-39/h1-32H. The Bertz CT molecular complexity index is 2850. The molecule has 0 radical (unpaired) electrons. The highest BCUT2D eigenvalue weighted by molar-refractivity contribution is 6.18. The van der Waals surface area contributed by atoms with E-state index in [-0.39, 0.29) is 0 Å². The van der Waals surface area contributed by atoms with Gasteiger partial charge in [0, 0.05) is 33.5 Å². The SMILES string of the molecule is c1ccc(-c2ccc(-n3c4ccccc4c4ccc(N(c5ccccc5)c5ccc6ccc7c8ccccc8ccc7c6c5)cc43)cc2)cc1. The number of benzene rings is 9. The summed E-state index contributed by atoms with van der Waals surface area (Å²) in [6.07, 6.45) is 0. The molecule has 10 rings (SSSR count). The minimum Gasteiger partial charge on any atom is -0.310 e. The quantitative estimate of drug-likeness (QED) is 0.171. The van der Waals surface area contributed by atoms with Crippen LogP contribution in [0.1, 0.15) is 0 Å². The molecule has 0 aliphatic carbocycles. The van der Waals surface area contributed by atoms with Gasteiger partial charge in [-0.3, -0.25) is 0 Å². The smallest absolute Gasteiger partial charge is 0.0561 e. The number of nitrogens with zero attached hydrogens (tertiary/aromatic N) is 2. The van der Waals surface area contributed by atoms with E-state index in [0.717, 1.165) is 22.7 Å². The molecule has 50 heavy (non-hydrogen) atoms. The lowest BCUT2D eigenvalue weighted by Gasteiger charge is -2.26. The average molecular weight is 637 g/mol. The van der Waals surface area contributed by atoms with Gasteiger partial charge in [-0.15, -0.1) is 0 Å². The fourth-order valence-electron chi connectivity index (χ4n) is 7.78. The molecule has 1 heterocycles. The predicted octanol–water partition coefficient (Wildman–Crippen LogP) is 13.4. The van der Waals surface area contributed by atoms with Crippen LogP contribution in [0.25, 0.3) is 70.9 Å². The Labute approximate surface area is 290 Å². The first kappa shape index (κ1) is 28.4. The van der Waals surface area contributed by atoms with Crippen LogP contribution in [-0.2, 0) is 0 Å². The second kappa shape index (κ2) is 11.5. The van der Waals surface area contributed by atoms with Crippen LogP contribution in [0, 0.1) is 0 Å². The zero-order chi connectivity index (χ0) is 33.0. The number of aromatic nitrogens is 1. The number of hydrogen-bond acceptors (Lipinski definition) is 1. The Kier molecular flexibility index (Phi) is 6.53. The molecule has 0 unspecified atom stereocenters. The molecular formula is C48H32N2. The first-order valence-corrected chi connectivity index (χ1v) is 17.2. The molecule has 0 fully saturated rings. The molecule has 0 saturated heterocycles. The third kappa shape index (κ3) is 4.57. The average Bonchev–Trinajstić information content (AvgIpc) is 3.52. The Morgan fingerprint density at radius 1 is 0.300 bits per heavy atom. The van der Waals surface area contributed by atoms with Crippen LogP contribution in [-0.4, -0.2) is 4.57 Å². The molecule has 2 heteroatoms. The van der Waals surface area contributed by atoms with E-state index in [1.54, 1.807) is 0 Å². The molecule has 0 aliphatic rings. The van der Waals surface area contributed by atoms with Crippen LogP contribution in [0.3, 0.4) is 0 Å². The van der Waals surface area contributed by atoms with Gasteiger partial charge in [-0.2, -0.15) is 0 Å². The van der Waals surface area contributed by atoms with E-state index in [2.05, 4.69) is 204 Å². The van der Waals surface area contributed by atoms with Crippen LogP contribution < -0.4 is 4.90 Å². The summed E-state index contributed by atoms with van der Waals surface area (Å²) in [6.45, 7) is 0. The van der Waals surface area contributed by atoms with Gasteiger partial charge in [0.2, 0.25) is 0 Å². The van der Waals surface area contributed by atoms with Crippen LogP contribution in [0.2, 0.25) is 0 Å². The third-order valence-electron chi connectivity index (χ3n) is 10.1. The highest BCUT2D eigenvalue weighted by Crippen LogP contribution is 2.41. The first-order chi connectivity index (χ1) is 24.8. The van der Waals surface area contributed by atoms with Gasteiger partial charge in [0.05, 0.1) is 11.0 Å². The van der Waals surface area contributed by atoms with Gasteiger partial charge in [-0.1, -0.05) is 140 Å². The van der Waals surface area contributed by atoms with Crippen molar-refractivity contribution in [3.8, 4) is 16.8 Å². The topological polar surface area (TPSA) is 8.17 Å². The van der Waals surface area contributed by atoms with Crippen molar-refractivity contribution in [1.82, 2.24) is 4.57 Å². The van der Waals surface area contributed by atoms with E-state index in [0.29, 0.717) is 0 Å². The first-order valence-electron chi connectivity index (χ1n) is 17.2. The fraction of sp³-hybridized carbons (Fsp3) is 0. The van der Waals surface area contributed by atoms with E-state index < -0.39 is 0 Å². The molecule has 0 aliphatic heterocycles. The van der Waals surface area contributed by atoms with E-state index in [1.165, 1.54) is 65.3 Å². The lowest BCUT2D eigenvalue weighted by atomic mass is 9.96. The molecule has 0 bridgehead atoms. The summed E-state index contributed by atoms with van der Waals surface area (Å²) < 4.78 is 2.41. The van der Waals surface area contributed by atoms with Crippen molar-refractivity contribution < 1.29 is 0 Å². The van der Waals surface area contributed by atoms with Crippen molar-refractivity contribution in [2.45, 2.75) is 0 Å². The molecule has 10 aromatic rings. The second-order valence-corrected chi connectivity index (χ2v) is 13.0. The fourth-order valence-corrected chi connectivity index (χ4v) is 7.78. The van der Waals surface area contributed by atoms with Crippen molar-refractivity contribution in [3.05, 3.63) is 194 Å². The van der Waals surface area contributed by atoms with Crippen LogP contribution in [0.15, 0.2) is 194 Å². The van der Waals surface area contributed by atoms with Crippen molar-refractivity contribution in [2.24, 2.45) is 0 Å². The van der Waals surface area contributed by atoms with E-state index >= 15 is 0 Å². The summed E-state index contributed by atoms with van der Waals surface area (Å²) >= 11 is 0. The summed E-state index contributed by atoms with van der Waals surface area (Å²) in [7, 11) is 0. The molecule has 234 valence electrons. The van der Waals surface area contributed by atoms with Crippen LogP contribution in [0.4, 0.5) is 17.1 Å². The van der Waals surface area contributed by atoms with Gasteiger partial charge >= 0.3 is 0 Å². The zero-order valence-electron chi connectivity index (χ0n) is 27.4. The van der Waals surface area contributed by atoms with Crippen molar-refractivity contribution in [2.75, 3.05) is 4.90 Å². The van der Waals surface area contributed by atoms with Crippen molar-refractivity contribution in [1.29, 1.82) is 0 Å². The molecule has 0 atom stereocenters. The molecule has 2 nitrogen and oxygen atoms in total. The zero-order valence-corrected chi connectivity index (χ0v) is 27.4. The maximum Gasteiger partial charge on any atom is 0.0561 e. The highest BCUT2D eigenvalue weighted by atomic mass is 15.1. The molecule has 0 saturated carbocycles. The van der Waals surface area contributed by atoms with Gasteiger partial charge in [0.25, 0.3) is 0 Å². The largest absolute Gasteiger partial charge is 0.310 e. The molecule has 0 N–H and O–H groups in total. The lowest BCUT2D eigenvalue weighted by Crippen LogP contribution is -2.10. The molecule has 9 aromatic carbocycles. The summed E-state index contributed by atoms with van der Waals surface area (Å²) in [5.74, 6) is 0. The van der Waals surface area contributed by atoms with Gasteiger partial charge in [-0.05, 0) is 98.0 Å². The Balaban J connectivity index is 1.18. The Morgan fingerprint density at radius 3 is 1.64 bits per heavy atom. The van der Waals surface area contributed by atoms with Crippen LogP contribution >= 0.6 is 0 Å². The predicted molar refractivity (Wildman–Crippen MR) is 213 cm³/mol. The van der Waals surface area contributed by atoms with E-state index in [1.807, 2.05) is 0 Å². The summed E-state index contributed by atoms with van der Waals surface area (Å²) in [6, 6.07) is 70.5. The minimum atomic E-state index is 1.11. The van der Waals surface area contributed by atoms with E-state index in [9.17, 15) is 0 Å². The monoisotopic (exact) mass is 636 g/mol. The van der Waals surface area contributed by atoms with Gasteiger partial charge in [0.15, 0.2) is 0 Å². The highest BCUT2D eigenvalue weighted by Gasteiger charge is 2.18. The molecule has 1 aromatic heterocycles. The van der Waals surface area contributed by atoms with Crippen molar-refractivity contribution in [3.63, 3.8) is 0 Å². The minimum absolute atomic E-state index is 1.11. The molecule has 0 amide bonds. The van der Waals surface area contributed by atoms with Gasteiger partial charge < -0.3 is 9.47 Å². The van der Waals surface area contributed by atoms with Crippen molar-refractivity contribution >= 4 is 71.2 Å². The lowest BCUT2D eigenvalue weighted by molar-refractivity contribution is 1.18. The number of fused-ring (bicyclic) bond motifs is 8. The second-order valence-electron chi connectivity index (χ2n) is 13.0. The van der Waals surface area contributed by atoms with E-state index in [4.69, 9.17) is 0 Å². The molecular weight excluding hydrogens is 605 g/mol. The number of para-hydroxylation sites is 2. The third-order valence-corrected chi connectivity index (χ3v) is 10.1. The number of rotatable bonds is 5. The summed E-state index contributed by atoms with van der Waals surface area (Å²) in [4.78, 5) is 2.39. The normalized spacial score (nSPS) is 11.6. The number of anilines is 3.